The van der Waals surface area contributed by atoms with Gasteiger partial charge in [-0.05, 0) is 31.5 Å². The lowest BCUT2D eigenvalue weighted by Crippen LogP contribution is -2.34. The van der Waals surface area contributed by atoms with Crippen molar-refractivity contribution in [3.8, 4) is 11.1 Å². The van der Waals surface area contributed by atoms with Gasteiger partial charge in [-0.25, -0.2) is 4.79 Å². The molecule has 1 amide bonds. The van der Waals surface area contributed by atoms with Crippen LogP contribution in [0.2, 0.25) is 0 Å². The molecule has 1 aliphatic heterocycles. The fourth-order valence-corrected chi connectivity index (χ4v) is 4.13. The van der Waals surface area contributed by atoms with Gasteiger partial charge in [0.2, 0.25) is 5.91 Å². The third-order valence-corrected chi connectivity index (χ3v) is 5.30. The first kappa shape index (κ1) is 17.6. The summed E-state index contributed by atoms with van der Waals surface area (Å²) in [6, 6.07) is 9.38. The molecule has 1 fully saturated rings. The number of nitrogens with one attached hydrogen (secondary N) is 1. The average molecular weight is 358 g/mol. The van der Waals surface area contributed by atoms with Gasteiger partial charge < -0.3 is 10.4 Å². The van der Waals surface area contributed by atoms with Gasteiger partial charge in [0.05, 0.1) is 6.54 Å². The first-order chi connectivity index (χ1) is 12.1. The Bertz CT molecular complexity index is 734. The molecular weight excluding hydrogens is 336 g/mol. The van der Waals surface area contributed by atoms with E-state index in [4.69, 9.17) is 0 Å². The highest BCUT2D eigenvalue weighted by Crippen LogP contribution is 2.35. The van der Waals surface area contributed by atoms with Gasteiger partial charge in [-0.2, -0.15) is 0 Å². The maximum atomic E-state index is 12.4. The number of anilines is 1. The monoisotopic (exact) mass is 358 g/mol. The fourth-order valence-electron chi connectivity index (χ4n) is 3.16. The van der Waals surface area contributed by atoms with E-state index in [1.807, 2.05) is 30.3 Å². The van der Waals surface area contributed by atoms with Gasteiger partial charge in [-0.15, -0.1) is 11.3 Å². The number of aromatic carboxylic acids is 1. The molecule has 2 heterocycles. The molecule has 1 aliphatic rings. The Morgan fingerprint density at radius 2 is 1.76 bits per heavy atom. The van der Waals surface area contributed by atoms with Gasteiger partial charge in [-0.3, -0.25) is 9.69 Å². The number of carboxylic acid groups (broad SMARTS) is 1. The molecule has 1 aromatic carbocycles. The molecule has 0 bridgehead atoms. The van der Waals surface area contributed by atoms with Crippen LogP contribution in [0.5, 0.6) is 0 Å². The number of rotatable bonds is 5. The molecule has 1 saturated heterocycles. The summed E-state index contributed by atoms with van der Waals surface area (Å²) in [6.07, 6.45) is 4.66. The van der Waals surface area contributed by atoms with Crippen molar-refractivity contribution in [1.29, 1.82) is 0 Å². The average Bonchev–Trinajstić information content (AvgIpc) is 2.84. The lowest BCUT2D eigenvalue weighted by molar-refractivity contribution is -0.117. The highest BCUT2D eigenvalue weighted by molar-refractivity contribution is 7.15. The van der Waals surface area contributed by atoms with Crippen LogP contribution < -0.4 is 5.32 Å². The fraction of sp³-hybridized carbons (Fsp3) is 0.368. The summed E-state index contributed by atoms with van der Waals surface area (Å²) in [5, 5.41) is 14.6. The number of likely N-dealkylation sites (tertiary alicyclic amines) is 1. The zero-order chi connectivity index (χ0) is 17.6. The van der Waals surface area contributed by atoms with E-state index in [-0.39, 0.29) is 11.5 Å². The van der Waals surface area contributed by atoms with Crippen LogP contribution in [0.15, 0.2) is 35.7 Å². The van der Waals surface area contributed by atoms with Gasteiger partial charge >= 0.3 is 5.97 Å². The molecule has 0 saturated carbocycles. The summed E-state index contributed by atoms with van der Waals surface area (Å²) in [4.78, 5) is 26.3. The largest absolute Gasteiger partial charge is 0.478 e. The number of benzene rings is 1. The second-order valence-electron chi connectivity index (χ2n) is 6.26. The maximum absolute atomic E-state index is 12.4. The van der Waals surface area contributed by atoms with Crippen LogP contribution in [-0.2, 0) is 4.79 Å². The normalized spacial score (nSPS) is 15.5. The molecule has 1 aromatic heterocycles. The van der Waals surface area contributed by atoms with Crippen LogP contribution in [0.25, 0.3) is 11.1 Å². The van der Waals surface area contributed by atoms with E-state index in [1.165, 1.54) is 24.2 Å². The van der Waals surface area contributed by atoms with E-state index in [0.29, 0.717) is 17.1 Å². The quantitative estimate of drug-likeness (QED) is 0.850. The Balaban J connectivity index is 1.75. The third kappa shape index (κ3) is 4.46. The van der Waals surface area contributed by atoms with Crippen LogP contribution in [0.1, 0.15) is 36.0 Å². The van der Waals surface area contributed by atoms with Crippen molar-refractivity contribution in [2.75, 3.05) is 25.0 Å². The van der Waals surface area contributed by atoms with Crippen molar-refractivity contribution in [3.63, 3.8) is 0 Å². The number of amides is 1. The summed E-state index contributed by atoms with van der Waals surface area (Å²) < 4.78 is 0. The standard InChI is InChI=1S/C19H22N2O3S/c22-16(12-21-10-6-1-2-7-11-21)20-18-17(19(23)24)15(13-25-18)14-8-4-3-5-9-14/h3-5,8-9,13H,1-2,6-7,10-12H2,(H,20,22)(H,23,24). The van der Waals surface area contributed by atoms with E-state index in [0.717, 1.165) is 31.5 Å². The second kappa shape index (κ2) is 8.27. The Kier molecular flexibility index (Phi) is 5.83. The topological polar surface area (TPSA) is 69.6 Å². The number of hydrogen-bond donors (Lipinski definition) is 2. The minimum absolute atomic E-state index is 0.147. The third-order valence-electron chi connectivity index (χ3n) is 4.41. The van der Waals surface area contributed by atoms with Crippen molar-refractivity contribution in [2.24, 2.45) is 0 Å². The zero-order valence-corrected chi connectivity index (χ0v) is 14.8. The predicted molar refractivity (Wildman–Crippen MR) is 100 cm³/mol. The molecule has 0 aliphatic carbocycles. The van der Waals surface area contributed by atoms with Gasteiger partial charge in [0.25, 0.3) is 0 Å². The summed E-state index contributed by atoms with van der Waals surface area (Å²) in [6.45, 7) is 2.18. The van der Waals surface area contributed by atoms with Crippen molar-refractivity contribution < 1.29 is 14.7 Å². The molecule has 6 heteroatoms. The SMILES string of the molecule is O=C(CN1CCCCCC1)Nc1scc(-c2ccccc2)c1C(=O)O. The van der Waals surface area contributed by atoms with Gasteiger partial charge in [-0.1, -0.05) is 43.2 Å². The van der Waals surface area contributed by atoms with Crippen LogP contribution in [0.4, 0.5) is 5.00 Å². The van der Waals surface area contributed by atoms with Gasteiger partial charge in [0.1, 0.15) is 10.6 Å². The summed E-state index contributed by atoms with van der Waals surface area (Å²) in [7, 11) is 0. The molecule has 2 N–H and O–H groups in total. The Morgan fingerprint density at radius 3 is 2.40 bits per heavy atom. The van der Waals surface area contributed by atoms with Crippen LogP contribution >= 0.6 is 11.3 Å². The smallest absolute Gasteiger partial charge is 0.339 e. The first-order valence-electron chi connectivity index (χ1n) is 8.57. The number of thiophene rings is 1. The second-order valence-corrected chi connectivity index (χ2v) is 7.14. The number of carbonyl (C=O) groups excluding carboxylic acids is 1. The minimum atomic E-state index is -1.02. The van der Waals surface area contributed by atoms with Crippen molar-refractivity contribution in [1.82, 2.24) is 4.90 Å². The highest BCUT2D eigenvalue weighted by atomic mass is 32.1. The number of carbonyl (C=O) groups is 2. The van der Waals surface area contributed by atoms with Crippen molar-refractivity contribution >= 4 is 28.2 Å². The molecule has 132 valence electrons. The van der Waals surface area contributed by atoms with Crippen LogP contribution in [0.3, 0.4) is 0 Å². The summed E-state index contributed by atoms with van der Waals surface area (Å²) in [5.74, 6) is -1.17. The van der Waals surface area contributed by atoms with E-state index >= 15 is 0 Å². The van der Waals surface area contributed by atoms with Gasteiger partial charge in [0, 0.05) is 10.9 Å². The Labute approximate surface area is 151 Å². The molecule has 5 nitrogen and oxygen atoms in total. The summed E-state index contributed by atoms with van der Waals surface area (Å²) in [5.41, 5.74) is 1.65. The molecule has 25 heavy (non-hydrogen) atoms. The van der Waals surface area contributed by atoms with E-state index < -0.39 is 5.97 Å². The first-order valence-corrected chi connectivity index (χ1v) is 9.45. The molecular formula is C19H22N2O3S. The Morgan fingerprint density at radius 1 is 1.08 bits per heavy atom. The van der Waals surface area contributed by atoms with Crippen molar-refractivity contribution in [3.05, 3.63) is 41.3 Å². The van der Waals surface area contributed by atoms with Crippen LogP contribution in [-0.4, -0.2) is 41.5 Å². The van der Waals surface area contributed by atoms with E-state index in [2.05, 4.69) is 10.2 Å². The molecule has 3 rings (SSSR count). The lowest BCUT2D eigenvalue weighted by Gasteiger charge is -2.18. The minimum Gasteiger partial charge on any atom is -0.478 e. The molecule has 0 atom stereocenters. The van der Waals surface area contributed by atoms with E-state index in [9.17, 15) is 14.7 Å². The number of hydrogen-bond acceptors (Lipinski definition) is 4. The number of carboxylic acids is 1. The predicted octanol–water partition coefficient (Wildman–Crippen LogP) is 3.93. The van der Waals surface area contributed by atoms with Crippen molar-refractivity contribution in [2.45, 2.75) is 25.7 Å². The van der Waals surface area contributed by atoms with E-state index in [1.54, 1.807) is 5.38 Å². The lowest BCUT2D eigenvalue weighted by atomic mass is 10.0. The molecule has 2 aromatic rings. The van der Waals surface area contributed by atoms with Crippen LogP contribution in [0, 0.1) is 0 Å². The Hall–Kier alpha value is -2.18. The molecule has 0 radical (unpaired) electrons. The highest BCUT2D eigenvalue weighted by Gasteiger charge is 2.22. The zero-order valence-electron chi connectivity index (χ0n) is 14.0. The maximum Gasteiger partial charge on any atom is 0.339 e. The van der Waals surface area contributed by atoms with Gasteiger partial charge in [0.15, 0.2) is 0 Å². The molecule has 0 spiro atoms. The molecule has 0 unspecified atom stereocenters. The number of nitrogens with zero attached hydrogens (tertiary/aromatic N) is 1. The summed E-state index contributed by atoms with van der Waals surface area (Å²) >= 11 is 1.26.